The zero-order valence-electron chi connectivity index (χ0n) is 20.9. The second-order valence-corrected chi connectivity index (χ2v) is 9.03. The molecule has 1 aromatic heterocycles. The van der Waals surface area contributed by atoms with Crippen molar-refractivity contribution in [2.24, 2.45) is 10.2 Å². The van der Waals surface area contributed by atoms with Gasteiger partial charge < -0.3 is 35.9 Å². The maximum atomic E-state index is 11.6. The molecular weight excluding hydrogens is 556 g/mol. The first-order valence-corrected chi connectivity index (χ1v) is 11.9. The quantitative estimate of drug-likeness (QED) is 0.0572. The van der Waals surface area contributed by atoms with Gasteiger partial charge in [0.25, 0.3) is 11.4 Å². The van der Waals surface area contributed by atoms with Gasteiger partial charge in [0.1, 0.15) is 17.1 Å². The van der Waals surface area contributed by atoms with Crippen molar-refractivity contribution in [3.63, 3.8) is 0 Å². The molecule has 1 atom stereocenters. The van der Waals surface area contributed by atoms with Crippen LogP contribution in [0.1, 0.15) is 0 Å². The van der Waals surface area contributed by atoms with Gasteiger partial charge >= 0.3 is 5.69 Å². The highest BCUT2D eigenvalue weighted by atomic mass is 16.6. The normalized spacial score (nSPS) is 14.1. The number of anilines is 4. The number of aromatic amines is 2. The van der Waals surface area contributed by atoms with Gasteiger partial charge in [-0.25, -0.2) is 4.79 Å². The summed E-state index contributed by atoms with van der Waals surface area (Å²) in [6, 6.07) is 10.7. The summed E-state index contributed by atoms with van der Waals surface area (Å²) >= 11 is 0. The summed E-state index contributed by atoms with van der Waals surface area (Å²) in [5, 5.41) is 68.0. The number of hydrogen-bond donors (Lipinski definition) is 9. The number of fused-ring (bicyclic) bond motifs is 3. The number of benzene rings is 4. The number of nitrogens with zero attached hydrogens (tertiary/aromatic N) is 4. The van der Waals surface area contributed by atoms with Crippen molar-refractivity contribution < 1.29 is 25.2 Å². The molecule has 1 unspecified atom stereocenters. The van der Waals surface area contributed by atoms with Gasteiger partial charge in [-0.2, -0.15) is 0 Å². The lowest BCUT2D eigenvalue weighted by atomic mass is 10.1. The van der Waals surface area contributed by atoms with Gasteiger partial charge in [-0.05, 0) is 36.4 Å². The number of nitro benzene ring substituents is 2. The van der Waals surface area contributed by atoms with E-state index in [4.69, 9.17) is 0 Å². The molecule has 4 aromatic carbocycles. The lowest BCUT2D eigenvalue weighted by molar-refractivity contribution is -0.384. The lowest BCUT2D eigenvalue weighted by Gasteiger charge is -2.14. The highest BCUT2D eigenvalue weighted by Crippen LogP contribution is 2.44. The summed E-state index contributed by atoms with van der Waals surface area (Å²) in [6.45, 7) is 0. The van der Waals surface area contributed by atoms with Gasteiger partial charge in [0.2, 0.25) is 6.35 Å². The topological polar surface area (TPSA) is 268 Å². The number of aliphatic hydroxyl groups is 1. The van der Waals surface area contributed by atoms with Crippen molar-refractivity contribution >= 4 is 67.3 Å². The second-order valence-electron chi connectivity index (χ2n) is 9.03. The number of aromatic nitrogens is 2. The Labute approximate surface area is 231 Å². The molecule has 2 heterocycles. The van der Waals surface area contributed by atoms with E-state index < -0.39 is 21.9 Å². The van der Waals surface area contributed by atoms with Crippen LogP contribution in [0, 0.1) is 20.2 Å². The van der Waals surface area contributed by atoms with Gasteiger partial charge in [0.05, 0.1) is 37.9 Å². The lowest BCUT2D eigenvalue weighted by Crippen LogP contribution is -2.20. The van der Waals surface area contributed by atoms with E-state index in [1.54, 1.807) is 0 Å². The van der Waals surface area contributed by atoms with E-state index in [1.807, 2.05) is 0 Å². The summed E-state index contributed by atoms with van der Waals surface area (Å²) in [6.07, 6.45) is -1.12. The van der Waals surface area contributed by atoms with E-state index in [0.717, 1.165) is 0 Å². The minimum absolute atomic E-state index is 0.00185. The molecule has 9 N–H and O–H groups in total. The number of hydrazine groups is 1. The molecule has 0 spiro atoms. The third-order valence-corrected chi connectivity index (χ3v) is 6.44. The van der Waals surface area contributed by atoms with Gasteiger partial charge in [-0.3, -0.25) is 31.1 Å². The SMILES string of the molecule is O=c1[nH]c2cc(NNc3ccc4c(O)c(N=Nc5cc6c(cc5[N+](=O)[O-])NC(O)N6)ccc4c3O)c([N+](=O)[O-])cc2[nH]1. The van der Waals surface area contributed by atoms with Crippen LogP contribution in [-0.4, -0.2) is 41.5 Å². The average Bonchev–Trinajstić information content (AvgIpc) is 3.50. The molecule has 42 heavy (non-hydrogen) atoms. The Morgan fingerprint density at radius 3 is 2.05 bits per heavy atom. The predicted octanol–water partition coefficient (Wildman–Crippen LogP) is 4.20. The maximum Gasteiger partial charge on any atom is 0.323 e. The van der Waals surface area contributed by atoms with Crippen molar-refractivity contribution in [2.75, 3.05) is 21.5 Å². The van der Waals surface area contributed by atoms with Gasteiger partial charge in [0, 0.05) is 22.9 Å². The zero-order valence-corrected chi connectivity index (χ0v) is 20.9. The fourth-order valence-corrected chi connectivity index (χ4v) is 4.48. The Hall–Kier alpha value is -6.43. The highest BCUT2D eigenvalue weighted by Gasteiger charge is 2.25. The standard InChI is InChI=1S/C24H18N10O8/c35-21-9-1-3-11(29-31-17-5-13-15(27-23(37)25-13)7-19(17)33(39)40)22(36)10(9)2-4-12(21)30-32-18-6-14-16(28-24(38)26-14)8-20(18)34(41)42/h1-8,23,25,27,30,32,35-37H,(H2,26,28,38). The van der Waals surface area contributed by atoms with Crippen molar-refractivity contribution in [3.05, 3.63) is 79.2 Å². The van der Waals surface area contributed by atoms with E-state index in [0.29, 0.717) is 16.9 Å². The molecule has 1 aliphatic heterocycles. The van der Waals surface area contributed by atoms with E-state index in [9.17, 15) is 40.3 Å². The van der Waals surface area contributed by atoms with Crippen molar-refractivity contribution in [1.82, 2.24) is 9.97 Å². The minimum atomic E-state index is -1.12. The number of imidazole rings is 1. The number of phenols is 2. The first-order valence-electron chi connectivity index (χ1n) is 11.9. The number of H-pyrrole nitrogens is 2. The van der Waals surface area contributed by atoms with E-state index in [2.05, 4.69) is 41.7 Å². The summed E-state index contributed by atoms with van der Waals surface area (Å²) in [4.78, 5) is 38.3. The molecule has 0 fully saturated rings. The van der Waals surface area contributed by atoms with Gasteiger partial charge in [0.15, 0.2) is 11.4 Å². The summed E-state index contributed by atoms with van der Waals surface area (Å²) in [5.74, 6) is -0.688. The van der Waals surface area contributed by atoms with Crippen molar-refractivity contribution in [2.45, 2.75) is 6.35 Å². The third-order valence-electron chi connectivity index (χ3n) is 6.44. The Morgan fingerprint density at radius 1 is 0.738 bits per heavy atom. The zero-order chi connectivity index (χ0) is 29.7. The first kappa shape index (κ1) is 25.8. The summed E-state index contributed by atoms with van der Waals surface area (Å²) in [7, 11) is 0. The number of phenolic OH excluding ortho intramolecular Hbond substituents is 2. The molecular formula is C24H18N10O8. The van der Waals surface area contributed by atoms with Crippen molar-refractivity contribution in [3.8, 4) is 11.5 Å². The molecule has 5 aromatic rings. The number of hydrogen-bond acceptors (Lipinski definition) is 14. The van der Waals surface area contributed by atoms with Crippen LogP contribution >= 0.6 is 0 Å². The number of aromatic hydroxyl groups is 2. The van der Waals surface area contributed by atoms with Crippen LogP contribution in [0.25, 0.3) is 21.8 Å². The summed E-state index contributed by atoms with van der Waals surface area (Å²) in [5.41, 5.74) is 5.24. The van der Waals surface area contributed by atoms with Gasteiger partial charge in [-0.1, -0.05) is 0 Å². The second kappa shape index (κ2) is 9.64. The molecule has 0 amide bonds. The van der Waals surface area contributed by atoms with E-state index in [1.165, 1.54) is 48.5 Å². The van der Waals surface area contributed by atoms with Crippen molar-refractivity contribution in [1.29, 1.82) is 0 Å². The number of rotatable bonds is 7. The Balaban J connectivity index is 1.29. The Morgan fingerprint density at radius 2 is 1.33 bits per heavy atom. The molecule has 212 valence electrons. The molecule has 0 bridgehead atoms. The molecule has 0 aliphatic carbocycles. The maximum absolute atomic E-state index is 11.6. The molecule has 0 saturated carbocycles. The van der Waals surface area contributed by atoms with Crippen LogP contribution in [0.5, 0.6) is 11.5 Å². The Bertz CT molecular complexity index is 2040. The van der Waals surface area contributed by atoms with Crippen LogP contribution < -0.4 is 27.2 Å². The number of nitro groups is 2. The first-order chi connectivity index (χ1) is 20.1. The summed E-state index contributed by atoms with van der Waals surface area (Å²) < 4.78 is 0. The highest BCUT2D eigenvalue weighted by molar-refractivity contribution is 5.99. The van der Waals surface area contributed by atoms with Gasteiger partial charge in [-0.15, -0.1) is 10.2 Å². The minimum Gasteiger partial charge on any atom is -0.505 e. The van der Waals surface area contributed by atoms with Crippen LogP contribution in [0.2, 0.25) is 0 Å². The van der Waals surface area contributed by atoms with E-state index >= 15 is 0 Å². The molecule has 0 radical (unpaired) electrons. The molecule has 1 aliphatic rings. The number of azo groups is 1. The molecule has 18 nitrogen and oxygen atoms in total. The predicted molar refractivity (Wildman–Crippen MR) is 151 cm³/mol. The molecule has 6 rings (SSSR count). The van der Waals surface area contributed by atoms with E-state index in [-0.39, 0.29) is 61.9 Å². The number of nitrogens with one attached hydrogen (secondary N) is 6. The fraction of sp³-hybridized carbons (Fsp3) is 0.0417. The largest absolute Gasteiger partial charge is 0.505 e. The Kier molecular flexibility index (Phi) is 5.93. The average molecular weight is 574 g/mol. The van der Waals surface area contributed by atoms with Crippen LogP contribution in [0.3, 0.4) is 0 Å². The fourth-order valence-electron chi connectivity index (χ4n) is 4.48. The van der Waals surface area contributed by atoms with Crippen LogP contribution in [0.15, 0.2) is 63.6 Å². The third kappa shape index (κ3) is 4.44. The smallest absolute Gasteiger partial charge is 0.323 e. The molecule has 0 saturated heterocycles. The molecule has 18 heteroatoms. The van der Waals surface area contributed by atoms with Crippen LogP contribution in [-0.2, 0) is 0 Å². The monoisotopic (exact) mass is 574 g/mol. The number of aliphatic hydroxyl groups excluding tert-OH is 1. The van der Waals surface area contributed by atoms with Crippen LogP contribution in [0.4, 0.5) is 45.5 Å².